The summed E-state index contributed by atoms with van der Waals surface area (Å²) in [5.74, 6) is 1.42. The number of likely N-dealkylation sites (tertiary alicyclic amines) is 1. The fourth-order valence-electron chi connectivity index (χ4n) is 4.79. The van der Waals surface area contributed by atoms with Crippen molar-refractivity contribution in [3.63, 3.8) is 0 Å². The number of carboxylic acid groups (broad SMARTS) is 1. The van der Waals surface area contributed by atoms with Crippen LogP contribution in [0.5, 0.6) is 5.75 Å². The van der Waals surface area contributed by atoms with Crippen molar-refractivity contribution < 1.29 is 24.3 Å². The number of aliphatic carboxylic acids is 1. The number of carbonyl (C=O) groups is 1. The molecule has 0 amide bonds. The van der Waals surface area contributed by atoms with Crippen molar-refractivity contribution in [2.75, 3.05) is 44.2 Å². The summed E-state index contributed by atoms with van der Waals surface area (Å²) in [6, 6.07) is 7.87. The van der Waals surface area contributed by atoms with E-state index in [2.05, 4.69) is 33.9 Å². The first-order valence-corrected chi connectivity index (χ1v) is 13.2. The van der Waals surface area contributed by atoms with Crippen molar-refractivity contribution in [2.45, 2.75) is 47.1 Å². The Labute approximate surface area is 223 Å². The number of hydrogen-bond acceptors (Lipinski definition) is 9. The quantitative estimate of drug-likeness (QED) is 0.364. The average Bonchev–Trinajstić information content (AvgIpc) is 3.35. The van der Waals surface area contributed by atoms with E-state index >= 15 is 0 Å². The van der Waals surface area contributed by atoms with Gasteiger partial charge in [-0.3, -0.25) is 9.69 Å². The maximum atomic E-state index is 11.0. The number of aliphatic hydroxyl groups is 1. The van der Waals surface area contributed by atoms with Crippen molar-refractivity contribution in [3.05, 3.63) is 41.1 Å². The van der Waals surface area contributed by atoms with E-state index in [1.807, 2.05) is 49.9 Å². The number of pyridine rings is 1. The maximum absolute atomic E-state index is 11.0. The second-order valence-electron chi connectivity index (χ2n) is 9.80. The fourth-order valence-corrected chi connectivity index (χ4v) is 4.79. The predicted molar refractivity (Wildman–Crippen MR) is 144 cm³/mol. The second kappa shape index (κ2) is 11.9. The molecular formula is C28H37N5O5. The smallest absolute Gasteiger partial charge is 0.309 e. The van der Waals surface area contributed by atoms with Crippen LogP contribution in [0.1, 0.15) is 37.6 Å². The van der Waals surface area contributed by atoms with Gasteiger partial charge in [0.05, 0.1) is 5.92 Å². The lowest BCUT2D eigenvalue weighted by molar-refractivity contribution is -0.148. The molecule has 1 fully saturated rings. The summed E-state index contributed by atoms with van der Waals surface area (Å²) in [4.78, 5) is 24.4. The van der Waals surface area contributed by atoms with Gasteiger partial charge in [0, 0.05) is 49.5 Å². The first-order chi connectivity index (χ1) is 18.2. The normalized spacial score (nSPS) is 14.8. The highest BCUT2D eigenvalue weighted by Crippen LogP contribution is 2.32. The molecule has 10 heteroatoms. The van der Waals surface area contributed by atoms with Crippen LogP contribution >= 0.6 is 0 Å². The van der Waals surface area contributed by atoms with E-state index in [0.717, 1.165) is 59.0 Å². The highest BCUT2D eigenvalue weighted by Gasteiger charge is 2.33. The van der Waals surface area contributed by atoms with Crippen LogP contribution < -0.4 is 9.64 Å². The molecule has 3 aromatic rings. The summed E-state index contributed by atoms with van der Waals surface area (Å²) in [6.45, 7) is 13.3. The number of aromatic nitrogens is 3. The van der Waals surface area contributed by atoms with E-state index in [4.69, 9.17) is 14.4 Å². The van der Waals surface area contributed by atoms with Gasteiger partial charge in [-0.1, -0.05) is 12.1 Å². The van der Waals surface area contributed by atoms with Crippen molar-refractivity contribution in [1.29, 1.82) is 0 Å². The summed E-state index contributed by atoms with van der Waals surface area (Å²) < 4.78 is 11.7. The molecule has 10 nitrogen and oxygen atoms in total. The molecule has 38 heavy (non-hydrogen) atoms. The Bertz CT molecular complexity index is 1270. The van der Waals surface area contributed by atoms with Crippen LogP contribution in [0.4, 0.5) is 5.82 Å². The Morgan fingerprint density at radius 3 is 2.53 bits per heavy atom. The van der Waals surface area contributed by atoms with Gasteiger partial charge in [-0.15, -0.1) is 0 Å². The lowest BCUT2D eigenvalue weighted by atomic mass is 10.0. The maximum Gasteiger partial charge on any atom is 0.309 e. The molecule has 4 rings (SSSR count). The minimum Gasteiger partial charge on any atom is -0.490 e. The SMILES string of the molecule is CCc1cc(-c2noc(-c3cc(C)nc(N(CC)CC)c3)n2)cc(C)c1OCC(O)CN1CC(C(=O)O)C1. The predicted octanol–water partition coefficient (Wildman–Crippen LogP) is 3.58. The molecule has 2 aromatic heterocycles. The monoisotopic (exact) mass is 523 g/mol. The van der Waals surface area contributed by atoms with E-state index < -0.39 is 12.1 Å². The summed E-state index contributed by atoms with van der Waals surface area (Å²) in [6.07, 6.45) is 0.0203. The molecule has 1 aliphatic heterocycles. The topological polar surface area (TPSA) is 125 Å². The Hall–Kier alpha value is -3.50. The summed E-state index contributed by atoms with van der Waals surface area (Å²) in [7, 11) is 0. The number of anilines is 1. The Morgan fingerprint density at radius 2 is 1.87 bits per heavy atom. The van der Waals surface area contributed by atoms with Crippen molar-refractivity contribution in [3.8, 4) is 28.6 Å². The number of ether oxygens (including phenoxy) is 1. The molecule has 0 radical (unpaired) electrons. The zero-order chi connectivity index (χ0) is 27.4. The van der Waals surface area contributed by atoms with Gasteiger partial charge in [-0.25, -0.2) is 4.98 Å². The van der Waals surface area contributed by atoms with Gasteiger partial charge in [-0.2, -0.15) is 4.98 Å². The van der Waals surface area contributed by atoms with Crippen LogP contribution in [0.3, 0.4) is 0 Å². The highest BCUT2D eigenvalue weighted by atomic mass is 16.5. The first-order valence-electron chi connectivity index (χ1n) is 13.2. The molecular weight excluding hydrogens is 486 g/mol. The summed E-state index contributed by atoms with van der Waals surface area (Å²) in [5, 5.41) is 23.7. The molecule has 0 spiro atoms. The lowest BCUT2D eigenvalue weighted by Crippen LogP contribution is -2.53. The zero-order valence-corrected chi connectivity index (χ0v) is 22.8. The molecule has 1 aliphatic rings. The summed E-state index contributed by atoms with van der Waals surface area (Å²) >= 11 is 0. The molecule has 1 aromatic carbocycles. The van der Waals surface area contributed by atoms with E-state index in [1.165, 1.54) is 0 Å². The van der Waals surface area contributed by atoms with Crippen molar-refractivity contribution >= 4 is 11.8 Å². The number of hydrogen-bond donors (Lipinski definition) is 2. The molecule has 1 saturated heterocycles. The van der Waals surface area contributed by atoms with Crippen LogP contribution in [-0.4, -0.2) is 81.6 Å². The first kappa shape index (κ1) is 27.5. The number of β-amino-alcohol motifs (C(OH)–C–C–N with tert-alkyl or cyclic N) is 1. The zero-order valence-electron chi connectivity index (χ0n) is 22.8. The molecule has 1 atom stereocenters. The van der Waals surface area contributed by atoms with Gasteiger partial charge >= 0.3 is 5.97 Å². The minimum absolute atomic E-state index is 0.129. The number of carboxylic acids is 1. The van der Waals surface area contributed by atoms with Gasteiger partial charge in [0.1, 0.15) is 24.3 Å². The van der Waals surface area contributed by atoms with Crippen LogP contribution in [0.15, 0.2) is 28.8 Å². The third kappa shape index (κ3) is 6.14. The minimum atomic E-state index is -0.788. The number of aliphatic hydroxyl groups excluding tert-OH is 1. The molecule has 3 heterocycles. The molecule has 0 bridgehead atoms. The van der Waals surface area contributed by atoms with Gasteiger partial charge in [0.2, 0.25) is 5.82 Å². The second-order valence-corrected chi connectivity index (χ2v) is 9.80. The summed E-state index contributed by atoms with van der Waals surface area (Å²) in [5.41, 5.74) is 4.44. The van der Waals surface area contributed by atoms with Crippen LogP contribution in [0, 0.1) is 19.8 Å². The third-order valence-electron chi connectivity index (χ3n) is 6.89. The van der Waals surface area contributed by atoms with Gasteiger partial charge in [0.15, 0.2) is 0 Å². The van der Waals surface area contributed by atoms with Crippen LogP contribution in [0.25, 0.3) is 22.8 Å². The number of benzene rings is 1. The standard InChI is InChI=1S/C28H37N5O5/c1-6-19-11-20(9-17(4)25(19)37-16-23(34)15-32-13-22(14-32)28(35)36)26-30-27(38-31-26)21-10-18(5)29-24(12-21)33(7-2)8-3/h9-12,22-23,34H,6-8,13-16H2,1-5H3,(H,35,36). The van der Waals surface area contributed by atoms with Gasteiger partial charge < -0.3 is 24.4 Å². The highest BCUT2D eigenvalue weighted by molar-refractivity contribution is 5.71. The van der Waals surface area contributed by atoms with Crippen LogP contribution in [-0.2, 0) is 11.2 Å². The number of nitrogens with zero attached hydrogens (tertiary/aromatic N) is 5. The number of aryl methyl sites for hydroxylation is 3. The van der Waals surface area contributed by atoms with E-state index in [-0.39, 0.29) is 12.5 Å². The Balaban J connectivity index is 1.47. The van der Waals surface area contributed by atoms with Crippen molar-refractivity contribution in [2.24, 2.45) is 5.92 Å². The van der Waals surface area contributed by atoms with E-state index in [0.29, 0.717) is 31.3 Å². The molecule has 2 N–H and O–H groups in total. The third-order valence-corrected chi connectivity index (χ3v) is 6.89. The largest absolute Gasteiger partial charge is 0.490 e. The number of rotatable bonds is 12. The fraction of sp³-hybridized carbons (Fsp3) is 0.500. The molecule has 0 saturated carbocycles. The molecule has 0 aliphatic carbocycles. The van der Waals surface area contributed by atoms with Crippen molar-refractivity contribution in [1.82, 2.24) is 20.0 Å². The average molecular weight is 524 g/mol. The Kier molecular flexibility index (Phi) is 8.63. The van der Waals surface area contributed by atoms with E-state index in [9.17, 15) is 9.90 Å². The molecule has 1 unspecified atom stereocenters. The van der Waals surface area contributed by atoms with E-state index in [1.54, 1.807) is 0 Å². The van der Waals surface area contributed by atoms with Gasteiger partial charge in [0.25, 0.3) is 5.89 Å². The van der Waals surface area contributed by atoms with Gasteiger partial charge in [-0.05, 0) is 69.5 Å². The molecule has 204 valence electrons. The van der Waals surface area contributed by atoms with Crippen LogP contribution in [0.2, 0.25) is 0 Å². The lowest BCUT2D eigenvalue weighted by Gasteiger charge is -2.37. The Morgan fingerprint density at radius 1 is 1.13 bits per heavy atom.